The number of aliphatic hydroxyl groups is 1. The average molecular weight is 183 g/mol. The number of nitrogens with one attached hydrogen (secondary N) is 1. The first kappa shape index (κ1) is 9.73. The lowest BCUT2D eigenvalue weighted by molar-refractivity contribution is 0.0766. The van der Waals surface area contributed by atoms with Crippen molar-refractivity contribution in [2.45, 2.75) is 6.92 Å². The second kappa shape index (κ2) is 4.04. The summed E-state index contributed by atoms with van der Waals surface area (Å²) < 4.78 is 0. The minimum Gasteiger partial charge on any atom is -0.395 e. The molecule has 1 rings (SSSR count). The molecule has 0 saturated carbocycles. The molecule has 0 aromatic carbocycles. The zero-order chi connectivity index (χ0) is 9.84. The number of H-pyrrole nitrogens is 1. The van der Waals surface area contributed by atoms with Crippen molar-refractivity contribution in [2.24, 2.45) is 0 Å². The van der Waals surface area contributed by atoms with E-state index in [4.69, 9.17) is 5.11 Å². The molecule has 0 fully saturated rings. The molecule has 5 nitrogen and oxygen atoms in total. The quantitative estimate of drug-likeness (QED) is 0.680. The first-order valence-corrected chi connectivity index (χ1v) is 4.03. The molecule has 0 unspecified atom stereocenters. The molecule has 13 heavy (non-hydrogen) atoms. The van der Waals surface area contributed by atoms with Gasteiger partial charge < -0.3 is 10.0 Å². The molecule has 0 radical (unpaired) electrons. The van der Waals surface area contributed by atoms with Crippen LogP contribution in [0.4, 0.5) is 0 Å². The number of nitrogens with zero attached hydrogens (tertiary/aromatic N) is 2. The lowest BCUT2D eigenvalue weighted by Crippen LogP contribution is -2.29. The topological polar surface area (TPSA) is 69.2 Å². The van der Waals surface area contributed by atoms with E-state index in [0.29, 0.717) is 12.1 Å². The minimum absolute atomic E-state index is 0.0286. The number of likely N-dealkylation sites (N-methyl/N-ethyl adjacent to an activating group) is 1. The summed E-state index contributed by atoms with van der Waals surface area (Å²) in [5.74, 6) is -0.125. The van der Waals surface area contributed by atoms with Gasteiger partial charge in [-0.05, 0) is 6.92 Å². The molecule has 0 aliphatic carbocycles. The number of amides is 1. The van der Waals surface area contributed by atoms with Crippen LogP contribution in [0.2, 0.25) is 0 Å². The SMILES string of the molecule is Cc1[nH]ncc1C(=O)N(C)CCO. The van der Waals surface area contributed by atoms with Crippen molar-refractivity contribution in [2.75, 3.05) is 20.2 Å². The van der Waals surface area contributed by atoms with Crippen LogP contribution < -0.4 is 0 Å². The van der Waals surface area contributed by atoms with Crippen LogP contribution in [0.15, 0.2) is 6.20 Å². The summed E-state index contributed by atoms with van der Waals surface area (Å²) in [4.78, 5) is 13.0. The highest BCUT2D eigenvalue weighted by atomic mass is 16.3. The first-order valence-electron chi connectivity index (χ1n) is 4.03. The predicted octanol–water partition coefficient (Wildman–Crippen LogP) is -0.218. The van der Waals surface area contributed by atoms with Crippen LogP contribution >= 0.6 is 0 Å². The highest BCUT2D eigenvalue weighted by molar-refractivity contribution is 5.94. The fourth-order valence-corrected chi connectivity index (χ4v) is 1.02. The number of aromatic nitrogens is 2. The summed E-state index contributed by atoms with van der Waals surface area (Å²) in [6.07, 6.45) is 1.49. The van der Waals surface area contributed by atoms with Crippen LogP contribution in [0.1, 0.15) is 16.1 Å². The maximum atomic E-state index is 11.6. The Kier molecular flexibility index (Phi) is 3.02. The van der Waals surface area contributed by atoms with E-state index in [1.54, 1.807) is 14.0 Å². The van der Waals surface area contributed by atoms with Gasteiger partial charge in [-0.3, -0.25) is 9.89 Å². The molecule has 2 N–H and O–H groups in total. The second-order valence-electron chi connectivity index (χ2n) is 2.86. The number of aromatic amines is 1. The second-order valence-corrected chi connectivity index (χ2v) is 2.86. The average Bonchev–Trinajstić information content (AvgIpc) is 2.50. The number of carbonyl (C=O) groups is 1. The van der Waals surface area contributed by atoms with Gasteiger partial charge in [0.2, 0.25) is 0 Å². The van der Waals surface area contributed by atoms with Crippen molar-refractivity contribution in [3.8, 4) is 0 Å². The number of aryl methyl sites for hydroxylation is 1. The fraction of sp³-hybridized carbons (Fsp3) is 0.500. The molecule has 1 aromatic rings. The van der Waals surface area contributed by atoms with Gasteiger partial charge in [-0.25, -0.2) is 0 Å². The maximum absolute atomic E-state index is 11.6. The van der Waals surface area contributed by atoms with E-state index in [2.05, 4.69) is 10.2 Å². The molecule has 72 valence electrons. The van der Waals surface area contributed by atoms with Gasteiger partial charge in [0.15, 0.2) is 0 Å². The molecule has 0 atom stereocenters. The number of carbonyl (C=O) groups excluding carboxylic acids is 1. The zero-order valence-electron chi connectivity index (χ0n) is 7.74. The van der Waals surface area contributed by atoms with Crippen molar-refractivity contribution in [3.63, 3.8) is 0 Å². The third-order valence-electron chi connectivity index (χ3n) is 1.84. The third kappa shape index (κ3) is 2.06. The van der Waals surface area contributed by atoms with Gasteiger partial charge in [0.1, 0.15) is 0 Å². The van der Waals surface area contributed by atoms with Gasteiger partial charge in [0, 0.05) is 19.3 Å². The normalized spacial score (nSPS) is 10.1. The Morgan fingerprint density at radius 1 is 1.77 bits per heavy atom. The molecule has 0 aliphatic heterocycles. The van der Waals surface area contributed by atoms with Crippen LogP contribution in [-0.2, 0) is 0 Å². The molecule has 1 aromatic heterocycles. The summed E-state index contributed by atoms with van der Waals surface area (Å²) in [6, 6.07) is 0. The first-order chi connectivity index (χ1) is 6.16. The maximum Gasteiger partial charge on any atom is 0.257 e. The molecule has 1 heterocycles. The van der Waals surface area contributed by atoms with Gasteiger partial charge in [0.25, 0.3) is 5.91 Å². The van der Waals surface area contributed by atoms with E-state index in [9.17, 15) is 4.79 Å². The van der Waals surface area contributed by atoms with E-state index in [1.807, 2.05) is 0 Å². The molecule has 0 bridgehead atoms. The minimum atomic E-state index is -0.125. The molecule has 0 aliphatic rings. The zero-order valence-corrected chi connectivity index (χ0v) is 7.74. The lowest BCUT2D eigenvalue weighted by Gasteiger charge is -2.14. The van der Waals surface area contributed by atoms with Crippen molar-refractivity contribution in [1.82, 2.24) is 15.1 Å². The van der Waals surface area contributed by atoms with E-state index in [-0.39, 0.29) is 12.5 Å². The standard InChI is InChI=1S/C8H13N3O2/c1-6-7(5-9-10-6)8(13)11(2)3-4-12/h5,12H,3-4H2,1-2H3,(H,9,10). The van der Waals surface area contributed by atoms with Gasteiger partial charge >= 0.3 is 0 Å². The molecule has 1 amide bonds. The Hall–Kier alpha value is -1.36. The van der Waals surface area contributed by atoms with Gasteiger partial charge in [-0.15, -0.1) is 0 Å². The van der Waals surface area contributed by atoms with Crippen molar-refractivity contribution < 1.29 is 9.90 Å². The monoisotopic (exact) mass is 183 g/mol. The molecular formula is C8H13N3O2. The Balaban J connectivity index is 2.73. The molecular weight excluding hydrogens is 170 g/mol. The lowest BCUT2D eigenvalue weighted by atomic mass is 10.2. The Morgan fingerprint density at radius 2 is 2.46 bits per heavy atom. The Bertz CT molecular complexity index is 295. The summed E-state index contributed by atoms with van der Waals surface area (Å²) in [5, 5.41) is 15.1. The van der Waals surface area contributed by atoms with E-state index < -0.39 is 0 Å². The van der Waals surface area contributed by atoms with Crippen molar-refractivity contribution in [1.29, 1.82) is 0 Å². The fourth-order valence-electron chi connectivity index (χ4n) is 1.02. The van der Waals surface area contributed by atoms with Crippen LogP contribution in [0.5, 0.6) is 0 Å². The summed E-state index contributed by atoms with van der Waals surface area (Å²) in [7, 11) is 1.64. The van der Waals surface area contributed by atoms with Crippen LogP contribution in [0.3, 0.4) is 0 Å². The van der Waals surface area contributed by atoms with E-state index in [1.165, 1.54) is 11.1 Å². The van der Waals surface area contributed by atoms with Crippen LogP contribution in [0, 0.1) is 6.92 Å². The van der Waals surface area contributed by atoms with Crippen molar-refractivity contribution >= 4 is 5.91 Å². The number of hydrogen-bond acceptors (Lipinski definition) is 3. The van der Waals surface area contributed by atoms with E-state index in [0.717, 1.165) is 5.69 Å². The molecule has 5 heteroatoms. The predicted molar refractivity (Wildman–Crippen MR) is 47.4 cm³/mol. The third-order valence-corrected chi connectivity index (χ3v) is 1.84. The van der Waals surface area contributed by atoms with Crippen LogP contribution in [0.25, 0.3) is 0 Å². The summed E-state index contributed by atoms with van der Waals surface area (Å²) in [6.45, 7) is 2.09. The highest BCUT2D eigenvalue weighted by Crippen LogP contribution is 2.05. The summed E-state index contributed by atoms with van der Waals surface area (Å²) in [5.41, 5.74) is 1.30. The smallest absolute Gasteiger partial charge is 0.257 e. The van der Waals surface area contributed by atoms with E-state index >= 15 is 0 Å². The number of aliphatic hydroxyl groups excluding tert-OH is 1. The number of rotatable bonds is 3. The Morgan fingerprint density at radius 3 is 2.92 bits per heavy atom. The van der Waals surface area contributed by atoms with Gasteiger partial charge in [-0.2, -0.15) is 5.10 Å². The highest BCUT2D eigenvalue weighted by Gasteiger charge is 2.14. The van der Waals surface area contributed by atoms with Crippen LogP contribution in [-0.4, -0.2) is 46.3 Å². The molecule has 0 spiro atoms. The van der Waals surface area contributed by atoms with Gasteiger partial charge in [-0.1, -0.05) is 0 Å². The Labute approximate surface area is 76.4 Å². The summed E-state index contributed by atoms with van der Waals surface area (Å²) >= 11 is 0. The molecule has 0 saturated heterocycles. The largest absolute Gasteiger partial charge is 0.395 e. The number of hydrogen-bond donors (Lipinski definition) is 2. The van der Waals surface area contributed by atoms with Crippen molar-refractivity contribution in [3.05, 3.63) is 17.5 Å². The van der Waals surface area contributed by atoms with Gasteiger partial charge in [0.05, 0.1) is 18.4 Å².